The molecule has 1 N–H and O–H groups in total. The third-order valence-electron chi connectivity index (χ3n) is 3.36. The van der Waals surface area contributed by atoms with Gasteiger partial charge in [0, 0.05) is 31.6 Å². The molecule has 4 nitrogen and oxygen atoms in total. The van der Waals surface area contributed by atoms with Crippen LogP contribution in [-0.4, -0.2) is 62.0 Å². The molecule has 2 unspecified atom stereocenters. The third-order valence-corrected chi connectivity index (χ3v) is 3.36. The van der Waals surface area contributed by atoms with E-state index in [-0.39, 0.29) is 5.92 Å². The number of carbonyl (C=O) groups excluding carboxylic acids is 1. The van der Waals surface area contributed by atoms with Crippen LogP contribution in [0.3, 0.4) is 0 Å². The molecule has 17 heavy (non-hydrogen) atoms. The first-order valence-corrected chi connectivity index (χ1v) is 6.72. The molecule has 1 saturated heterocycles. The van der Waals surface area contributed by atoms with Crippen molar-refractivity contribution in [2.75, 3.05) is 40.3 Å². The second-order valence-electron chi connectivity index (χ2n) is 5.30. The van der Waals surface area contributed by atoms with Crippen LogP contribution in [-0.2, 0) is 4.79 Å². The molecule has 1 fully saturated rings. The number of nitrogens with one attached hydrogen (secondary N) is 1. The SMILES string of the molecule is CCNCC(C)C(=O)N1CCCC1CN(C)C. The molecule has 1 aliphatic rings. The van der Waals surface area contributed by atoms with Crippen molar-refractivity contribution >= 4 is 5.91 Å². The van der Waals surface area contributed by atoms with Crippen LogP contribution >= 0.6 is 0 Å². The van der Waals surface area contributed by atoms with E-state index in [9.17, 15) is 4.79 Å². The predicted octanol–water partition coefficient (Wildman–Crippen LogP) is 0.785. The number of likely N-dealkylation sites (N-methyl/N-ethyl adjacent to an activating group) is 1. The summed E-state index contributed by atoms with van der Waals surface area (Å²) in [5.41, 5.74) is 0. The first-order valence-electron chi connectivity index (χ1n) is 6.72. The Morgan fingerprint density at radius 2 is 2.24 bits per heavy atom. The summed E-state index contributed by atoms with van der Waals surface area (Å²) in [7, 11) is 4.14. The van der Waals surface area contributed by atoms with Crippen LogP contribution in [0.25, 0.3) is 0 Å². The highest BCUT2D eigenvalue weighted by Gasteiger charge is 2.31. The van der Waals surface area contributed by atoms with Crippen LogP contribution in [0.4, 0.5) is 0 Å². The Balaban J connectivity index is 2.49. The van der Waals surface area contributed by atoms with Crippen molar-refractivity contribution in [3.05, 3.63) is 0 Å². The highest BCUT2D eigenvalue weighted by atomic mass is 16.2. The Morgan fingerprint density at radius 3 is 2.82 bits per heavy atom. The van der Waals surface area contributed by atoms with Crippen molar-refractivity contribution < 1.29 is 4.79 Å². The van der Waals surface area contributed by atoms with Gasteiger partial charge in [0.15, 0.2) is 0 Å². The molecular weight excluding hydrogens is 214 g/mol. The van der Waals surface area contributed by atoms with Gasteiger partial charge in [-0.3, -0.25) is 4.79 Å². The lowest BCUT2D eigenvalue weighted by Gasteiger charge is -2.29. The van der Waals surface area contributed by atoms with Gasteiger partial charge < -0.3 is 15.1 Å². The zero-order chi connectivity index (χ0) is 12.8. The molecule has 0 aromatic carbocycles. The van der Waals surface area contributed by atoms with E-state index in [4.69, 9.17) is 0 Å². The van der Waals surface area contributed by atoms with Gasteiger partial charge in [-0.1, -0.05) is 13.8 Å². The molecular formula is C13H27N3O. The van der Waals surface area contributed by atoms with E-state index in [0.29, 0.717) is 11.9 Å². The van der Waals surface area contributed by atoms with Crippen LogP contribution in [0.2, 0.25) is 0 Å². The number of carbonyl (C=O) groups is 1. The highest BCUT2D eigenvalue weighted by Crippen LogP contribution is 2.20. The van der Waals surface area contributed by atoms with Crippen molar-refractivity contribution in [2.45, 2.75) is 32.7 Å². The highest BCUT2D eigenvalue weighted by molar-refractivity contribution is 5.79. The molecule has 0 spiro atoms. The summed E-state index contributed by atoms with van der Waals surface area (Å²) in [4.78, 5) is 16.6. The van der Waals surface area contributed by atoms with Crippen LogP contribution in [0.1, 0.15) is 26.7 Å². The van der Waals surface area contributed by atoms with Gasteiger partial charge in [0.2, 0.25) is 5.91 Å². The predicted molar refractivity (Wildman–Crippen MR) is 71.0 cm³/mol. The zero-order valence-corrected chi connectivity index (χ0v) is 11.7. The average Bonchev–Trinajstić information content (AvgIpc) is 2.71. The van der Waals surface area contributed by atoms with Gasteiger partial charge in [0.1, 0.15) is 0 Å². The largest absolute Gasteiger partial charge is 0.338 e. The van der Waals surface area contributed by atoms with Gasteiger partial charge in [-0.25, -0.2) is 0 Å². The summed E-state index contributed by atoms with van der Waals surface area (Å²) >= 11 is 0. The number of hydrogen-bond acceptors (Lipinski definition) is 3. The first kappa shape index (κ1) is 14.5. The van der Waals surface area contributed by atoms with E-state index in [0.717, 1.165) is 39.0 Å². The lowest BCUT2D eigenvalue weighted by molar-refractivity contribution is -0.135. The minimum absolute atomic E-state index is 0.0951. The summed E-state index contributed by atoms with van der Waals surface area (Å²) < 4.78 is 0. The van der Waals surface area contributed by atoms with Crippen LogP contribution in [0.15, 0.2) is 0 Å². The van der Waals surface area contributed by atoms with Gasteiger partial charge in [-0.05, 0) is 33.5 Å². The molecule has 1 amide bonds. The molecule has 0 aromatic rings. The maximum Gasteiger partial charge on any atom is 0.226 e. The topological polar surface area (TPSA) is 35.6 Å². The van der Waals surface area contributed by atoms with Crippen LogP contribution < -0.4 is 5.32 Å². The van der Waals surface area contributed by atoms with Crippen molar-refractivity contribution in [3.63, 3.8) is 0 Å². The van der Waals surface area contributed by atoms with Gasteiger partial charge in [-0.2, -0.15) is 0 Å². The van der Waals surface area contributed by atoms with E-state index in [1.807, 2.05) is 6.92 Å². The quantitative estimate of drug-likeness (QED) is 0.746. The average molecular weight is 241 g/mol. The molecule has 0 aliphatic carbocycles. The fourth-order valence-corrected chi connectivity index (χ4v) is 2.47. The zero-order valence-electron chi connectivity index (χ0n) is 11.7. The minimum Gasteiger partial charge on any atom is -0.338 e. The van der Waals surface area contributed by atoms with Crippen LogP contribution in [0.5, 0.6) is 0 Å². The van der Waals surface area contributed by atoms with Gasteiger partial charge in [0.25, 0.3) is 0 Å². The van der Waals surface area contributed by atoms with E-state index in [1.165, 1.54) is 0 Å². The van der Waals surface area contributed by atoms with Gasteiger partial charge >= 0.3 is 0 Å². The Hall–Kier alpha value is -0.610. The van der Waals surface area contributed by atoms with Gasteiger partial charge in [-0.15, -0.1) is 0 Å². The second kappa shape index (κ2) is 6.97. The van der Waals surface area contributed by atoms with E-state index >= 15 is 0 Å². The second-order valence-corrected chi connectivity index (χ2v) is 5.30. The number of hydrogen-bond donors (Lipinski definition) is 1. The summed E-state index contributed by atoms with van der Waals surface area (Å²) in [5, 5.41) is 3.25. The number of nitrogens with zero attached hydrogens (tertiary/aromatic N) is 2. The lowest BCUT2D eigenvalue weighted by Crippen LogP contribution is -2.45. The smallest absolute Gasteiger partial charge is 0.226 e. The van der Waals surface area contributed by atoms with E-state index < -0.39 is 0 Å². The molecule has 2 atom stereocenters. The number of rotatable bonds is 6. The minimum atomic E-state index is 0.0951. The monoisotopic (exact) mass is 241 g/mol. The Kier molecular flexibility index (Phi) is 5.92. The number of likely N-dealkylation sites (tertiary alicyclic amines) is 1. The number of amides is 1. The van der Waals surface area contributed by atoms with Gasteiger partial charge in [0.05, 0.1) is 0 Å². The molecule has 0 aromatic heterocycles. The molecule has 1 heterocycles. The molecule has 0 saturated carbocycles. The summed E-state index contributed by atoms with van der Waals surface area (Å²) in [6, 6.07) is 0.418. The first-order chi connectivity index (χ1) is 8.06. The summed E-state index contributed by atoms with van der Waals surface area (Å²) in [6.45, 7) is 7.74. The van der Waals surface area contributed by atoms with Crippen molar-refractivity contribution in [2.24, 2.45) is 5.92 Å². The fraction of sp³-hybridized carbons (Fsp3) is 0.923. The maximum absolute atomic E-state index is 12.3. The molecule has 0 bridgehead atoms. The Bertz CT molecular complexity index is 243. The van der Waals surface area contributed by atoms with E-state index in [1.54, 1.807) is 0 Å². The molecule has 100 valence electrons. The standard InChI is InChI=1S/C13H27N3O/c1-5-14-9-11(2)13(17)16-8-6-7-12(16)10-15(3)4/h11-12,14H,5-10H2,1-4H3. The Morgan fingerprint density at radius 1 is 1.53 bits per heavy atom. The van der Waals surface area contributed by atoms with Crippen molar-refractivity contribution in [3.8, 4) is 0 Å². The maximum atomic E-state index is 12.3. The molecule has 4 heteroatoms. The fourth-order valence-electron chi connectivity index (χ4n) is 2.47. The third kappa shape index (κ3) is 4.28. The molecule has 1 rings (SSSR count). The normalized spacial score (nSPS) is 22.2. The van der Waals surface area contributed by atoms with Crippen molar-refractivity contribution in [1.82, 2.24) is 15.1 Å². The molecule has 1 aliphatic heterocycles. The lowest BCUT2D eigenvalue weighted by atomic mass is 10.1. The van der Waals surface area contributed by atoms with E-state index in [2.05, 4.69) is 36.1 Å². The Labute approximate surface area is 105 Å². The molecule has 0 radical (unpaired) electrons. The summed E-state index contributed by atoms with van der Waals surface area (Å²) in [6.07, 6.45) is 2.30. The van der Waals surface area contributed by atoms with Crippen molar-refractivity contribution in [1.29, 1.82) is 0 Å². The van der Waals surface area contributed by atoms with Crippen LogP contribution in [0, 0.1) is 5.92 Å². The summed E-state index contributed by atoms with van der Waals surface area (Å²) in [5.74, 6) is 0.410.